The summed E-state index contributed by atoms with van der Waals surface area (Å²) in [6, 6.07) is 76.7. The average Bonchev–Trinajstić information content (AvgIpc) is 3.84. The van der Waals surface area contributed by atoms with Crippen LogP contribution in [0.4, 0.5) is 0 Å². The van der Waals surface area contributed by atoms with Crippen molar-refractivity contribution < 1.29 is 0 Å². The number of benzene rings is 9. The molecule has 1 aromatic heterocycles. The zero-order valence-electron chi connectivity index (χ0n) is 34.7. The number of allylic oxidation sites excluding steroid dienone is 4. The van der Waals surface area contributed by atoms with E-state index >= 15 is 0 Å². The van der Waals surface area contributed by atoms with E-state index in [-0.39, 0.29) is 5.41 Å². The molecule has 0 bridgehead atoms. The zero-order chi connectivity index (χ0) is 41.5. The third-order valence-corrected chi connectivity index (χ3v) is 13.9. The van der Waals surface area contributed by atoms with Crippen molar-refractivity contribution in [2.75, 3.05) is 0 Å². The van der Waals surface area contributed by atoms with Crippen LogP contribution in [0, 0.1) is 0 Å². The number of rotatable bonds is 5. The van der Waals surface area contributed by atoms with E-state index in [1.807, 2.05) is 0 Å². The molecule has 3 aliphatic rings. The van der Waals surface area contributed by atoms with E-state index in [0.29, 0.717) is 0 Å². The lowest BCUT2D eigenvalue weighted by Crippen LogP contribution is -2.25. The van der Waals surface area contributed by atoms with E-state index < -0.39 is 0 Å². The highest BCUT2D eigenvalue weighted by Crippen LogP contribution is 2.64. The van der Waals surface area contributed by atoms with Crippen LogP contribution in [0.15, 0.2) is 224 Å². The normalized spacial score (nSPS) is 14.1. The molecule has 0 amide bonds. The van der Waals surface area contributed by atoms with Crippen LogP contribution in [0.25, 0.3) is 94.1 Å². The number of pyridine rings is 1. The van der Waals surface area contributed by atoms with Gasteiger partial charge in [0.1, 0.15) is 0 Å². The van der Waals surface area contributed by atoms with Crippen molar-refractivity contribution in [3.05, 3.63) is 252 Å². The molecule has 1 nitrogen and oxygen atoms in total. The van der Waals surface area contributed by atoms with E-state index in [1.165, 1.54) is 99.8 Å². The van der Waals surface area contributed by atoms with Gasteiger partial charge in [-0.15, -0.1) is 0 Å². The van der Waals surface area contributed by atoms with Crippen molar-refractivity contribution in [1.82, 2.24) is 4.98 Å². The summed E-state index contributed by atoms with van der Waals surface area (Å²) in [6.45, 7) is 0. The first-order chi connectivity index (χ1) is 31.2. The lowest BCUT2D eigenvalue weighted by atomic mass is 9.70. The van der Waals surface area contributed by atoms with Crippen molar-refractivity contribution in [2.45, 2.75) is 18.3 Å². The first-order valence-corrected chi connectivity index (χ1v) is 22.2. The van der Waals surface area contributed by atoms with Crippen LogP contribution in [-0.4, -0.2) is 4.98 Å². The quantitative estimate of drug-likeness (QED) is 0.169. The second-order valence-electron chi connectivity index (χ2n) is 17.3. The Balaban J connectivity index is 0.892. The summed E-state index contributed by atoms with van der Waals surface area (Å²) in [5.74, 6) is 0. The first kappa shape index (κ1) is 35.8. The molecule has 1 spiro atoms. The van der Waals surface area contributed by atoms with Crippen molar-refractivity contribution in [3.8, 4) is 66.9 Å². The second-order valence-corrected chi connectivity index (χ2v) is 17.3. The molecule has 0 unspecified atom stereocenters. The van der Waals surface area contributed by atoms with Crippen LogP contribution >= 0.6 is 0 Å². The topological polar surface area (TPSA) is 12.9 Å². The van der Waals surface area contributed by atoms with Crippen molar-refractivity contribution in [3.63, 3.8) is 0 Å². The summed E-state index contributed by atoms with van der Waals surface area (Å²) in [7, 11) is 0. The molecule has 0 aliphatic heterocycles. The molecular formula is C62H41N. The fourth-order valence-electron chi connectivity index (χ4n) is 11.0. The van der Waals surface area contributed by atoms with Crippen LogP contribution in [0.5, 0.6) is 0 Å². The van der Waals surface area contributed by atoms with Gasteiger partial charge in [-0.2, -0.15) is 0 Å². The average molecular weight is 800 g/mol. The second kappa shape index (κ2) is 14.1. The third-order valence-electron chi connectivity index (χ3n) is 13.9. The van der Waals surface area contributed by atoms with E-state index in [1.54, 1.807) is 0 Å². The van der Waals surface area contributed by atoms with Crippen molar-refractivity contribution in [2.24, 2.45) is 0 Å². The fourth-order valence-corrected chi connectivity index (χ4v) is 11.0. The number of hydrogen-bond donors (Lipinski definition) is 0. The predicted octanol–water partition coefficient (Wildman–Crippen LogP) is 16.1. The molecule has 1 heteroatoms. The highest BCUT2D eigenvalue weighted by atomic mass is 14.7. The van der Waals surface area contributed by atoms with E-state index in [0.717, 1.165) is 35.0 Å². The summed E-state index contributed by atoms with van der Waals surface area (Å²) < 4.78 is 0. The lowest BCUT2D eigenvalue weighted by molar-refractivity contribution is 0.794. The molecule has 3 aliphatic carbocycles. The van der Waals surface area contributed by atoms with Gasteiger partial charge >= 0.3 is 0 Å². The lowest BCUT2D eigenvalue weighted by Gasteiger charge is -2.30. The molecular weight excluding hydrogens is 759 g/mol. The Morgan fingerprint density at radius 1 is 0.365 bits per heavy atom. The van der Waals surface area contributed by atoms with Gasteiger partial charge in [-0.3, -0.25) is 0 Å². The Kier molecular flexibility index (Phi) is 8.02. The number of aromatic nitrogens is 1. The van der Waals surface area contributed by atoms with Crippen LogP contribution in [0.3, 0.4) is 0 Å². The van der Waals surface area contributed by atoms with Gasteiger partial charge in [-0.1, -0.05) is 194 Å². The Hall–Kier alpha value is -7.87. The molecule has 13 rings (SSSR count). The molecule has 1 heterocycles. The maximum Gasteiger partial charge on any atom is 0.0725 e. The summed E-state index contributed by atoms with van der Waals surface area (Å²) in [4.78, 5) is 5.25. The molecule has 0 atom stereocenters. The first-order valence-electron chi connectivity index (χ1n) is 22.2. The van der Waals surface area contributed by atoms with Crippen LogP contribution in [0.2, 0.25) is 0 Å². The summed E-state index contributed by atoms with van der Waals surface area (Å²) in [5.41, 5.74) is 23.3. The Morgan fingerprint density at radius 2 is 0.937 bits per heavy atom. The van der Waals surface area contributed by atoms with E-state index in [9.17, 15) is 0 Å². The minimum atomic E-state index is -0.353. The van der Waals surface area contributed by atoms with Crippen LogP contribution in [0.1, 0.15) is 40.7 Å². The van der Waals surface area contributed by atoms with Gasteiger partial charge < -0.3 is 0 Å². The summed E-state index contributed by atoms with van der Waals surface area (Å²) >= 11 is 0. The smallest absolute Gasteiger partial charge is 0.0725 e. The zero-order valence-corrected chi connectivity index (χ0v) is 34.7. The Morgan fingerprint density at radius 3 is 1.67 bits per heavy atom. The Bertz CT molecular complexity index is 3500. The van der Waals surface area contributed by atoms with Gasteiger partial charge in [0.05, 0.1) is 16.6 Å². The SMILES string of the molecule is C1=CC(c2ccc(-c3cc(-c4ccccc4)c4cc(-c5ccc6cc(-c7cccc8c7-c7ccccc7C87c8ccccc8-c8ccccc87)ccc6c5)ccc4n3)cc2)=CCC1. The fraction of sp³-hybridized carbons (Fsp3) is 0.0484. The highest BCUT2D eigenvalue weighted by molar-refractivity contribution is 6.03. The number of nitrogens with zero attached hydrogens (tertiary/aromatic N) is 1. The maximum absolute atomic E-state index is 5.25. The van der Waals surface area contributed by atoms with E-state index in [2.05, 4.69) is 224 Å². The predicted molar refractivity (Wildman–Crippen MR) is 264 cm³/mol. The molecule has 0 N–H and O–H groups in total. The minimum absolute atomic E-state index is 0.353. The van der Waals surface area contributed by atoms with Gasteiger partial charge in [0.25, 0.3) is 0 Å². The third kappa shape index (κ3) is 5.46. The van der Waals surface area contributed by atoms with Crippen LogP contribution in [-0.2, 0) is 5.41 Å². The van der Waals surface area contributed by atoms with Crippen molar-refractivity contribution in [1.29, 1.82) is 0 Å². The largest absolute Gasteiger partial charge is 0.248 e. The summed E-state index contributed by atoms with van der Waals surface area (Å²) in [6.07, 6.45) is 9.05. The molecule has 0 saturated carbocycles. The monoisotopic (exact) mass is 799 g/mol. The van der Waals surface area contributed by atoms with Gasteiger partial charge in [0.2, 0.25) is 0 Å². The van der Waals surface area contributed by atoms with Gasteiger partial charge in [-0.05, 0) is 143 Å². The molecule has 10 aromatic rings. The molecule has 294 valence electrons. The van der Waals surface area contributed by atoms with E-state index in [4.69, 9.17) is 4.98 Å². The van der Waals surface area contributed by atoms with Gasteiger partial charge in [-0.25, -0.2) is 4.98 Å². The molecule has 0 saturated heterocycles. The number of hydrogen-bond acceptors (Lipinski definition) is 1. The number of fused-ring (bicyclic) bond motifs is 12. The molecule has 63 heavy (non-hydrogen) atoms. The molecule has 9 aromatic carbocycles. The molecule has 0 fully saturated rings. The van der Waals surface area contributed by atoms with Gasteiger partial charge in [0, 0.05) is 10.9 Å². The minimum Gasteiger partial charge on any atom is -0.248 e. The Labute approximate surface area is 368 Å². The summed E-state index contributed by atoms with van der Waals surface area (Å²) in [5, 5.41) is 3.60. The maximum atomic E-state index is 5.25. The highest BCUT2D eigenvalue weighted by Gasteiger charge is 2.51. The van der Waals surface area contributed by atoms with Crippen molar-refractivity contribution >= 4 is 27.2 Å². The molecule has 0 radical (unpaired) electrons. The standard InChI is InChI=1S/C62H41N/c1-3-14-40(15-4-1)41-26-28-43(29-27-41)60-39-53(42-16-5-2-6-17-42)54-38-47(34-35-59(54)63-60)45-30-31-46-37-48(33-32-44(46)36-45)49-21-13-25-58-61(49)52-20-9-12-24-57(52)62(58)55-22-10-7-18-50(55)51-19-8-11-23-56(51)62/h2-3,5-39H,1,4H2. The van der Waals surface area contributed by atoms with Gasteiger partial charge in [0.15, 0.2) is 0 Å². The van der Waals surface area contributed by atoms with Crippen LogP contribution < -0.4 is 0 Å².